The molecule has 0 heterocycles. The standard InChI is InChI=1S/C20H16/c1(3-7-13-19-15-9-5-10-16-19)2-4-8-14-20-17-11-6-12-18-20/h5-6,9-18H,1-2H2/q+2. The van der Waals surface area contributed by atoms with Crippen LogP contribution in [-0.2, 0) is 0 Å². The lowest BCUT2D eigenvalue weighted by Gasteiger charge is -1.82. The molecule has 94 valence electrons. The van der Waals surface area contributed by atoms with E-state index in [1.165, 1.54) is 0 Å². The molecule has 2 aromatic rings. The van der Waals surface area contributed by atoms with E-state index < -0.39 is 0 Å². The minimum atomic E-state index is 0.805. The lowest BCUT2D eigenvalue weighted by Crippen LogP contribution is -1.77. The molecule has 0 saturated carbocycles. The zero-order chi connectivity index (χ0) is 13.9. The fraction of sp³-hybridized carbons (Fsp3) is 0.100. The summed E-state index contributed by atoms with van der Waals surface area (Å²) in [4.78, 5) is 0. The van der Waals surface area contributed by atoms with Crippen molar-refractivity contribution in [3.05, 3.63) is 84.6 Å². The Kier molecular flexibility index (Phi) is 5.77. The Hall–Kier alpha value is -2.70. The zero-order valence-corrected chi connectivity index (χ0v) is 11.3. The predicted octanol–water partition coefficient (Wildman–Crippen LogP) is 4.28. The molecule has 2 aromatic carbocycles. The minimum absolute atomic E-state index is 0.805. The Balaban J connectivity index is 1.65. The van der Waals surface area contributed by atoms with Crippen LogP contribution in [0.3, 0.4) is 0 Å². The highest BCUT2D eigenvalue weighted by molar-refractivity contribution is 5.33. The van der Waals surface area contributed by atoms with E-state index in [1.54, 1.807) is 0 Å². The van der Waals surface area contributed by atoms with Crippen molar-refractivity contribution < 1.29 is 0 Å². The molecule has 20 heavy (non-hydrogen) atoms. The van der Waals surface area contributed by atoms with Crippen molar-refractivity contribution in [2.75, 3.05) is 0 Å². The second kappa shape index (κ2) is 8.41. The van der Waals surface area contributed by atoms with Crippen LogP contribution >= 0.6 is 0 Å². The van der Waals surface area contributed by atoms with Crippen LogP contribution in [0.4, 0.5) is 0 Å². The van der Waals surface area contributed by atoms with Gasteiger partial charge in [0.25, 0.3) is 0 Å². The first-order valence-corrected chi connectivity index (χ1v) is 6.68. The number of unbranched alkanes of at least 4 members (excludes halogenated alkanes) is 1. The van der Waals surface area contributed by atoms with Gasteiger partial charge >= 0.3 is 0 Å². The molecule has 0 unspecified atom stereocenters. The third-order valence-corrected chi connectivity index (χ3v) is 2.66. The first-order valence-electron chi connectivity index (χ1n) is 6.68. The molecular formula is C20H16+2. The van der Waals surface area contributed by atoms with Gasteiger partial charge in [-0.05, 0) is 36.4 Å². The van der Waals surface area contributed by atoms with Crippen LogP contribution in [0.15, 0.2) is 60.7 Å². The van der Waals surface area contributed by atoms with Crippen LogP contribution in [0.5, 0.6) is 0 Å². The van der Waals surface area contributed by atoms with Crippen molar-refractivity contribution in [2.45, 2.75) is 12.8 Å². The van der Waals surface area contributed by atoms with Gasteiger partial charge < -0.3 is 0 Å². The summed E-state index contributed by atoms with van der Waals surface area (Å²) in [6.45, 7) is 0. The van der Waals surface area contributed by atoms with Crippen LogP contribution in [0, 0.1) is 36.5 Å². The number of benzene rings is 2. The fourth-order valence-electron chi connectivity index (χ4n) is 1.64. The molecule has 0 aliphatic carbocycles. The van der Waals surface area contributed by atoms with Gasteiger partial charge in [-0.15, -0.1) is 0 Å². The molecule has 0 aliphatic heterocycles. The second-order valence-corrected chi connectivity index (χ2v) is 4.25. The highest BCUT2D eigenvalue weighted by Gasteiger charge is 1.95. The van der Waals surface area contributed by atoms with Crippen molar-refractivity contribution in [2.24, 2.45) is 0 Å². The van der Waals surface area contributed by atoms with Gasteiger partial charge in [0.1, 0.15) is 11.1 Å². The van der Waals surface area contributed by atoms with E-state index in [2.05, 4.69) is 23.7 Å². The van der Waals surface area contributed by atoms with Crippen molar-refractivity contribution >= 4 is 0 Å². The van der Waals surface area contributed by atoms with Crippen molar-refractivity contribution in [1.82, 2.24) is 0 Å². The lowest BCUT2D eigenvalue weighted by molar-refractivity contribution is 1.12. The molecule has 0 spiro atoms. The summed E-state index contributed by atoms with van der Waals surface area (Å²) in [5.41, 5.74) is 2.28. The Morgan fingerprint density at radius 1 is 0.600 bits per heavy atom. The summed E-state index contributed by atoms with van der Waals surface area (Å²) >= 11 is 0. The normalized spacial score (nSPS) is 8.60. The van der Waals surface area contributed by atoms with Crippen molar-refractivity contribution in [3.63, 3.8) is 0 Å². The largest absolute Gasteiger partial charge is 0.104 e. The summed E-state index contributed by atoms with van der Waals surface area (Å²) in [7, 11) is 0. The van der Waals surface area contributed by atoms with Crippen LogP contribution < -0.4 is 0 Å². The average molecular weight is 256 g/mol. The van der Waals surface area contributed by atoms with Crippen LogP contribution in [0.2, 0.25) is 0 Å². The van der Waals surface area contributed by atoms with Crippen molar-refractivity contribution in [1.29, 1.82) is 0 Å². The summed E-state index contributed by atoms with van der Waals surface area (Å²) < 4.78 is 0. The van der Waals surface area contributed by atoms with Gasteiger partial charge in [0, 0.05) is 47.9 Å². The van der Waals surface area contributed by atoms with E-state index in [9.17, 15) is 0 Å². The average Bonchev–Trinajstić information content (AvgIpc) is 2.52. The molecule has 0 aliphatic rings. The Morgan fingerprint density at radius 3 is 1.40 bits per heavy atom. The van der Waals surface area contributed by atoms with Crippen LogP contribution in [0.1, 0.15) is 24.0 Å². The minimum Gasteiger partial charge on any atom is -0.0425 e. The SMILES string of the molecule is C(#CCCC#C[CH+]c1ccccc1)[CH+]c1ccccc1. The van der Waals surface area contributed by atoms with Gasteiger partial charge in [-0.2, -0.15) is 0 Å². The lowest BCUT2D eigenvalue weighted by atomic mass is 10.1. The van der Waals surface area contributed by atoms with E-state index in [4.69, 9.17) is 0 Å². The number of rotatable bonds is 3. The maximum absolute atomic E-state index is 3.11. The molecule has 0 saturated heterocycles. The number of hydrogen-bond acceptors (Lipinski definition) is 0. The smallest absolute Gasteiger partial charge is 0.0425 e. The molecule has 0 aromatic heterocycles. The monoisotopic (exact) mass is 256 g/mol. The van der Waals surface area contributed by atoms with Crippen molar-refractivity contribution in [3.8, 4) is 23.7 Å². The quantitative estimate of drug-likeness (QED) is 0.437. The molecule has 2 rings (SSSR count). The third-order valence-electron chi connectivity index (χ3n) is 2.66. The summed E-state index contributed by atoms with van der Waals surface area (Å²) in [5, 5.41) is 0. The molecule has 0 radical (unpaired) electrons. The first kappa shape index (κ1) is 13.7. The Bertz CT molecular complexity index is 556. The second-order valence-electron chi connectivity index (χ2n) is 4.25. The summed E-state index contributed by atoms with van der Waals surface area (Å²) in [6.07, 6.45) is 5.48. The van der Waals surface area contributed by atoms with Gasteiger partial charge in [-0.25, -0.2) is 0 Å². The Morgan fingerprint density at radius 2 is 1.00 bits per heavy atom. The molecular weight excluding hydrogens is 240 g/mol. The predicted molar refractivity (Wildman–Crippen MR) is 84.5 cm³/mol. The molecule has 0 heteroatoms. The first-order chi connectivity index (χ1) is 9.95. The highest BCUT2D eigenvalue weighted by atomic mass is 13.9. The highest BCUT2D eigenvalue weighted by Crippen LogP contribution is 2.01. The third kappa shape index (κ3) is 5.30. The molecule has 0 amide bonds. The number of hydrogen-bond donors (Lipinski definition) is 0. The van der Waals surface area contributed by atoms with Gasteiger partial charge in [-0.3, -0.25) is 0 Å². The topological polar surface area (TPSA) is 0 Å². The van der Waals surface area contributed by atoms with Gasteiger partial charge in [0.15, 0.2) is 0 Å². The maximum atomic E-state index is 3.11. The maximum Gasteiger partial charge on any atom is 0.104 e. The zero-order valence-electron chi connectivity index (χ0n) is 11.3. The molecule has 0 atom stereocenters. The van der Waals surface area contributed by atoms with Gasteiger partial charge in [0.05, 0.1) is 25.7 Å². The van der Waals surface area contributed by atoms with E-state index in [0.29, 0.717) is 0 Å². The molecule has 0 N–H and O–H groups in total. The fourth-order valence-corrected chi connectivity index (χ4v) is 1.64. The van der Waals surface area contributed by atoms with E-state index >= 15 is 0 Å². The van der Waals surface area contributed by atoms with E-state index in [1.807, 2.05) is 73.5 Å². The van der Waals surface area contributed by atoms with Crippen LogP contribution in [0.25, 0.3) is 0 Å². The van der Waals surface area contributed by atoms with E-state index in [0.717, 1.165) is 24.0 Å². The molecule has 0 nitrogen and oxygen atoms in total. The van der Waals surface area contributed by atoms with Crippen LogP contribution in [-0.4, -0.2) is 0 Å². The van der Waals surface area contributed by atoms with Gasteiger partial charge in [-0.1, -0.05) is 0 Å². The van der Waals surface area contributed by atoms with E-state index in [-0.39, 0.29) is 0 Å². The van der Waals surface area contributed by atoms with Gasteiger partial charge in [0.2, 0.25) is 0 Å². The summed E-state index contributed by atoms with van der Waals surface area (Å²) in [5.74, 6) is 12.3. The molecule has 0 bridgehead atoms. The Labute approximate surface area is 121 Å². The molecule has 0 fully saturated rings. The summed E-state index contributed by atoms with van der Waals surface area (Å²) in [6, 6.07) is 20.2.